The first kappa shape index (κ1) is 14.0. The van der Waals surface area contributed by atoms with E-state index in [1.54, 1.807) is 18.2 Å². The molecule has 0 aliphatic carbocycles. The molecule has 4 heteroatoms. The molecule has 2 aromatic carbocycles. The fraction of sp³-hybridized carbons (Fsp3) is 0.235. The number of hydrogen-bond donors (Lipinski definition) is 1. The second-order valence-corrected chi connectivity index (χ2v) is 5.84. The molecule has 0 bridgehead atoms. The topological polar surface area (TPSA) is 46.3 Å². The Morgan fingerprint density at radius 1 is 1.24 bits per heavy atom. The number of hydrogen-bond acceptors (Lipinski definition) is 2. The van der Waals surface area contributed by atoms with Gasteiger partial charge in [-0.25, -0.2) is 0 Å². The minimum Gasteiger partial charge on any atom is -0.398 e. The van der Waals surface area contributed by atoms with Gasteiger partial charge < -0.3 is 10.6 Å². The van der Waals surface area contributed by atoms with Gasteiger partial charge >= 0.3 is 0 Å². The normalized spacial score (nSPS) is 13.9. The first-order valence-electron chi connectivity index (χ1n) is 7.02. The molecule has 0 radical (unpaired) electrons. The van der Waals surface area contributed by atoms with Crippen LogP contribution in [-0.4, -0.2) is 12.5 Å². The molecular weight excluding hydrogens is 284 g/mol. The molecule has 1 aliphatic heterocycles. The van der Waals surface area contributed by atoms with Gasteiger partial charge in [-0.1, -0.05) is 29.3 Å². The molecular formula is C17H17ClN2O. The predicted molar refractivity (Wildman–Crippen MR) is 87.0 cm³/mol. The van der Waals surface area contributed by atoms with E-state index in [1.165, 1.54) is 11.1 Å². The summed E-state index contributed by atoms with van der Waals surface area (Å²) in [5.74, 6) is -0.0262. The molecule has 1 aliphatic rings. The Labute approximate surface area is 129 Å². The van der Waals surface area contributed by atoms with E-state index in [4.69, 9.17) is 17.3 Å². The maximum Gasteiger partial charge on any atom is 0.258 e. The van der Waals surface area contributed by atoms with Crippen LogP contribution in [-0.2, 0) is 6.42 Å². The summed E-state index contributed by atoms with van der Waals surface area (Å²) in [6, 6.07) is 11.3. The Kier molecular flexibility index (Phi) is 3.60. The van der Waals surface area contributed by atoms with Crippen molar-refractivity contribution in [2.75, 3.05) is 17.2 Å². The van der Waals surface area contributed by atoms with Crippen molar-refractivity contribution in [1.82, 2.24) is 0 Å². The van der Waals surface area contributed by atoms with Crippen molar-refractivity contribution in [3.05, 3.63) is 58.1 Å². The van der Waals surface area contributed by atoms with Crippen LogP contribution in [0.4, 0.5) is 11.4 Å². The molecule has 0 unspecified atom stereocenters. The maximum atomic E-state index is 12.7. The summed E-state index contributed by atoms with van der Waals surface area (Å²) < 4.78 is 0. The SMILES string of the molecule is Cc1ccc2c(c1)CCCN2C(=O)c1ccc(N)c(Cl)c1. The van der Waals surface area contributed by atoms with Crippen LogP contribution in [0.2, 0.25) is 5.02 Å². The van der Waals surface area contributed by atoms with Gasteiger partial charge in [0, 0.05) is 17.8 Å². The van der Waals surface area contributed by atoms with Crippen molar-refractivity contribution in [1.29, 1.82) is 0 Å². The van der Waals surface area contributed by atoms with Gasteiger partial charge in [0.15, 0.2) is 0 Å². The van der Waals surface area contributed by atoms with Crippen molar-refractivity contribution in [3.63, 3.8) is 0 Å². The second-order valence-electron chi connectivity index (χ2n) is 5.43. The lowest BCUT2D eigenvalue weighted by molar-refractivity contribution is 0.0985. The number of nitrogens with zero attached hydrogens (tertiary/aromatic N) is 1. The molecule has 0 spiro atoms. The summed E-state index contributed by atoms with van der Waals surface area (Å²) in [5.41, 5.74) is 10.2. The smallest absolute Gasteiger partial charge is 0.258 e. The highest BCUT2D eigenvalue weighted by atomic mass is 35.5. The van der Waals surface area contributed by atoms with Gasteiger partial charge in [0.05, 0.1) is 10.7 Å². The number of amides is 1. The zero-order valence-corrected chi connectivity index (χ0v) is 12.7. The molecule has 2 N–H and O–H groups in total. The standard InChI is InChI=1S/C17H17ClN2O/c1-11-4-7-16-12(9-11)3-2-8-20(16)17(21)13-5-6-15(19)14(18)10-13/h4-7,9-10H,2-3,8,19H2,1H3. The molecule has 1 heterocycles. The Morgan fingerprint density at radius 2 is 2.05 bits per heavy atom. The number of carbonyl (C=O) groups excluding carboxylic acids is 1. The number of nitrogens with two attached hydrogens (primary N) is 1. The summed E-state index contributed by atoms with van der Waals surface area (Å²) in [6.45, 7) is 2.80. The molecule has 0 atom stereocenters. The molecule has 0 saturated carbocycles. The van der Waals surface area contributed by atoms with E-state index in [9.17, 15) is 4.79 Å². The third-order valence-corrected chi connectivity index (χ3v) is 4.17. The Bertz CT molecular complexity index is 712. The zero-order chi connectivity index (χ0) is 15.0. The molecule has 21 heavy (non-hydrogen) atoms. The van der Waals surface area contributed by atoms with E-state index in [-0.39, 0.29) is 5.91 Å². The molecule has 2 aromatic rings. The number of benzene rings is 2. The van der Waals surface area contributed by atoms with Crippen molar-refractivity contribution in [2.24, 2.45) is 0 Å². The molecule has 3 rings (SSSR count). The van der Waals surface area contributed by atoms with Crippen molar-refractivity contribution < 1.29 is 4.79 Å². The van der Waals surface area contributed by atoms with Crippen LogP contribution in [0.25, 0.3) is 0 Å². The number of anilines is 2. The number of nitrogen functional groups attached to an aromatic ring is 1. The van der Waals surface area contributed by atoms with Gasteiger partial charge in [0.2, 0.25) is 0 Å². The fourth-order valence-corrected chi connectivity index (χ4v) is 2.93. The monoisotopic (exact) mass is 300 g/mol. The highest BCUT2D eigenvalue weighted by molar-refractivity contribution is 6.33. The molecule has 108 valence electrons. The third-order valence-electron chi connectivity index (χ3n) is 3.85. The summed E-state index contributed by atoms with van der Waals surface area (Å²) in [6.07, 6.45) is 1.99. The Hall–Kier alpha value is -2.00. The van der Waals surface area contributed by atoms with Crippen LogP contribution >= 0.6 is 11.6 Å². The van der Waals surface area contributed by atoms with Gasteiger partial charge in [-0.15, -0.1) is 0 Å². The van der Waals surface area contributed by atoms with Gasteiger partial charge in [0.25, 0.3) is 5.91 Å². The highest BCUT2D eigenvalue weighted by Gasteiger charge is 2.23. The van der Waals surface area contributed by atoms with E-state index >= 15 is 0 Å². The summed E-state index contributed by atoms with van der Waals surface area (Å²) in [7, 11) is 0. The number of fused-ring (bicyclic) bond motifs is 1. The molecule has 0 fully saturated rings. The van der Waals surface area contributed by atoms with Crippen LogP contribution in [0, 0.1) is 6.92 Å². The summed E-state index contributed by atoms with van der Waals surface area (Å²) in [5, 5.41) is 0.419. The first-order valence-corrected chi connectivity index (χ1v) is 7.40. The van der Waals surface area contributed by atoms with Crippen molar-refractivity contribution in [2.45, 2.75) is 19.8 Å². The van der Waals surface area contributed by atoms with Crippen molar-refractivity contribution >= 4 is 28.9 Å². The first-order chi connectivity index (χ1) is 10.1. The van der Waals surface area contributed by atoms with Crippen LogP contribution in [0.15, 0.2) is 36.4 Å². The van der Waals surface area contributed by atoms with Gasteiger partial charge in [-0.05, 0) is 49.6 Å². The third kappa shape index (κ3) is 2.61. The highest BCUT2D eigenvalue weighted by Crippen LogP contribution is 2.30. The van der Waals surface area contributed by atoms with E-state index in [1.807, 2.05) is 17.0 Å². The number of rotatable bonds is 1. The van der Waals surface area contributed by atoms with E-state index in [2.05, 4.69) is 13.0 Å². The van der Waals surface area contributed by atoms with Gasteiger partial charge in [-0.3, -0.25) is 4.79 Å². The second kappa shape index (κ2) is 5.41. The van der Waals surface area contributed by atoms with Gasteiger partial charge in [-0.2, -0.15) is 0 Å². The summed E-state index contributed by atoms with van der Waals surface area (Å²) >= 11 is 6.02. The zero-order valence-electron chi connectivity index (χ0n) is 11.9. The number of carbonyl (C=O) groups is 1. The number of halogens is 1. The quantitative estimate of drug-likeness (QED) is 0.814. The molecule has 1 amide bonds. The van der Waals surface area contributed by atoms with Gasteiger partial charge in [0.1, 0.15) is 0 Å². The Balaban J connectivity index is 1.98. The lowest BCUT2D eigenvalue weighted by Gasteiger charge is -2.30. The fourth-order valence-electron chi connectivity index (χ4n) is 2.75. The van der Waals surface area contributed by atoms with E-state index in [0.29, 0.717) is 16.3 Å². The average Bonchev–Trinajstić information content (AvgIpc) is 2.48. The minimum absolute atomic E-state index is 0.0262. The van der Waals surface area contributed by atoms with Crippen LogP contribution in [0.1, 0.15) is 27.9 Å². The average molecular weight is 301 g/mol. The van der Waals surface area contributed by atoms with E-state index < -0.39 is 0 Å². The Morgan fingerprint density at radius 3 is 2.81 bits per heavy atom. The molecule has 0 saturated heterocycles. The predicted octanol–water partition coefficient (Wildman–Crippen LogP) is 3.82. The molecule has 3 nitrogen and oxygen atoms in total. The minimum atomic E-state index is -0.0262. The summed E-state index contributed by atoms with van der Waals surface area (Å²) in [4.78, 5) is 14.6. The lowest BCUT2D eigenvalue weighted by Crippen LogP contribution is -2.35. The lowest BCUT2D eigenvalue weighted by atomic mass is 9.99. The molecule has 0 aromatic heterocycles. The number of aryl methyl sites for hydroxylation is 2. The van der Waals surface area contributed by atoms with Crippen LogP contribution < -0.4 is 10.6 Å². The van der Waals surface area contributed by atoms with Crippen LogP contribution in [0.5, 0.6) is 0 Å². The largest absolute Gasteiger partial charge is 0.398 e. The van der Waals surface area contributed by atoms with Crippen LogP contribution in [0.3, 0.4) is 0 Å². The maximum absolute atomic E-state index is 12.7. The van der Waals surface area contributed by atoms with E-state index in [0.717, 1.165) is 25.1 Å². The van der Waals surface area contributed by atoms with Crippen molar-refractivity contribution in [3.8, 4) is 0 Å².